The third-order valence-corrected chi connectivity index (χ3v) is 3.52. The van der Waals surface area contributed by atoms with E-state index in [0.717, 1.165) is 11.8 Å². The molecular weight excluding hydrogens is 148 g/mol. The van der Waals surface area contributed by atoms with E-state index in [1.165, 1.54) is 25.7 Å². The van der Waals surface area contributed by atoms with Gasteiger partial charge in [-0.3, -0.25) is 0 Å². The largest absolute Gasteiger partial charge is 0.379 e. The van der Waals surface area contributed by atoms with Gasteiger partial charge in [0.2, 0.25) is 0 Å². The molecule has 0 atom stereocenters. The van der Waals surface area contributed by atoms with Crippen LogP contribution in [0.25, 0.3) is 0 Å². The maximum atomic E-state index is 5.51. The van der Waals surface area contributed by atoms with Gasteiger partial charge in [0.1, 0.15) is 0 Å². The summed E-state index contributed by atoms with van der Waals surface area (Å²) in [5.74, 6) is 1.79. The van der Waals surface area contributed by atoms with Gasteiger partial charge in [-0.2, -0.15) is 0 Å². The second-order valence-corrected chi connectivity index (χ2v) is 4.74. The monoisotopic (exact) mass is 170 g/mol. The minimum Gasteiger partial charge on any atom is -0.379 e. The Labute approximate surface area is 76.5 Å². The molecule has 0 saturated heterocycles. The summed E-state index contributed by atoms with van der Waals surface area (Å²) < 4.78 is 5.51. The Morgan fingerprint density at radius 3 is 2.08 bits per heavy atom. The van der Waals surface area contributed by atoms with Crippen LogP contribution in [0.5, 0.6) is 0 Å². The first-order valence-corrected chi connectivity index (χ1v) is 5.12. The maximum absolute atomic E-state index is 5.51. The molecule has 0 amide bonds. The average Bonchev–Trinajstić information content (AvgIpc) is 2.05. The van der Waals surface area contributed by atoms with E-state index in [9.17, 15) is 0 Å². The highest BCUT2D eigenvalue weighted by molar-refractivity contribution is 4.83. The molecule has 12 heavy (non-hydrogen) atoms. The van der Waals surface area contributed by atoms with Gasteiger partial charge in [0.15, 0.2) is 0 Å². The molecule has 0 unspecified atom stereocenters. The van der Waals surface area contributed by atoms with Crippen LogP contribution in [0.3, 0.4) is 0 Å². The van der Waals surface area contributed by atoms with Crippen LogP contribution in [0.15, 0.2) is 0 Å². The summed E-state index contributed by atoms with van der Waals surface area (Å²) in [7, 11) is 1.84. The van der Waals surface area contributed by atoms with Crippen molar-refractivity contribution in [3.8, 4) is 0 Å². The van der Waals surface area contributed by atoms with Crippen molar-refractivity contribution in [1.82, 2.24) is 0 Å². The molecular formula is C11H22O. The van der Waals surface area contributed by atoms with Gasteiger partial charge in [-0.05, 0) is 44.4 Å². The normalized spacial score (nSPS) is 37.2. The predicted octanol–water partition coefficient (Wildman–Crippen LogP) is 3.24. The lowest BCUT2D eigenvalue weighted by Crippen LogP contribution is -2.33. The van der Waals surface area contributed by atoms with Crippen LogP contribution in [-0.2, 0) is 4.74 Å². The summed E-state index contributed by atoms with van der Waals surface area (Å²) in [6.45, 7) is 6.91. The van der Waals surface area contributed by atoms with E-state index in [4.69, 9.17) is 4.74 Å². The van der Waals surface area contributed by atoms with Gasteiger partial charge in [-0.25, -0.2) is 0 Å². The lowest BCUT2D eigenvalue weighted by atomic mass is 9.75. The van der Waals surface area contributed by atoms with Crippen molar-refractivity contribution in [2.45, 2.75) is 52.1 Å². The van der Waals surface area contributed by atoms with Crippen LogP contribution in [-0.4, -0.2) is 12.7 Å². The van der Waals surface area contributed by atoms with Crippen molar-refractivity contribution in [1.29, 1.82) is 0 Å². The van der Waals surface area contributed by atoms with Crippen molar-refractivity contribution < 1.29 is 4.74 Å². The average molecular weight is 170 g/mol. The molecule has 0 aliphatic heterocycles. The fourth-order valence-corrected chi connectivity index (χ4v) is 2.12. The third-order valence-electron chi connectivity index (χ3n) is 3.52. The van der Waals surface area contributed by atoms with E-state index in [1.54, 1.807) is 0 Å². The quantitative estimate of drug-likeness (QED) is 0.618. The molecule has 0 radical (unpaired) electrons. The zero-order valence-electron chi connectivity index (χ0n) is 8.89. The first kappa shape index (κ1) is 10.0. The fourth-order valence-electron chi connectivity index (χ4n) is 2.12. The molecule has 0 heterocycles. The standard InChI is InChI=1S/C11H22O/c1-9(2)10-5-7-11(3,12-4)8-6-10/h9-10H,5-8H2,1-4H3. The van der Waals surface area contributed by atoms with E-state index < -0.39 is 0 Å². The van der Waals surface area contributed by atoms with Crippen LogP contribution < -0.4 is 0 Å². The maximum Gasteiger partial charge on any atom is 0.0651 e. The van der Waals surface area contributed by atoms with Crippen LogP contribution >= 0.6 is 0 Å². The highest BCUT2D eigenvalue weighted by atomic mass is 16.5. The van der Waals surface area contributed by atoms with Gasteiger partial charge in [0.05, 0.1) is 5.60 Å². The van der Waals surface area contributed by atoms with Crippen molar-refractivity contribution in [2.75, 3.05) is 7.11 Å². The van der Waals surface area contributed by atoms with Gasteiger partial charge in [0, 0.05) is 7.11 Å². The topological polar surface area (TPSA) is 9.23 Å². The molecule has 1 heteroatoms. The molecule has 1 aliphatic carbocycles. The van der Waals surface area contributed by atoms with E-state index in [2.05, 4.69) is 20.8 Å². The van der Waals surface area contributed by atoms with Crippen molar-refractivity contribution in [3.63, 3.8) is 0 Å². The lowest BCUT2D eigenvalue weighted by Gasteiger charge is -2.37. The Balaban J connectivity index is 2.39. The highest BCUT2D eigenvalue weighted by Gasteiger charge is 2.31. The molecule has 0 N–H and O–H groups in total. The summed E-state index contributed by atoms with van der Waals surface area (Å²) >= 11 is 0. The number of hydrogen-bond acceptors (Lipinski definition) is 1. The van der Waals surface area contributed by atoms with Crippen LogP contribution in [0, 0.1) is 11.8 Å². The van der Waals surface area contributed by atoms with Crippen molar-refractivity contribution in [3.05, 3.63) is 0 Å². The molecule has 1 nitrogen and oxygen atoms in total. The predicted molar refractivity (Wildman–Crippen MR) is 52.2 cm³/mol. The Hall–Kier alpha value is -0.0400. The molecule has 1 aliphatic rings. The zero-order valence-corrected chi connectivity index (χ0v) is 8.89. The molecule has 0 aromatic rings. The third kappa shape index (κ3) is 2.22. The van der Waals surface area contributed by atoms with E-state index in [1.807, 2.05) is 7.11 Å². The summed E-state index contributed by atoms with van der Waals surface area (Å²) in [4.78, 5) is 0. The molecule has 1 rings (SSSR count). The summed E-state index contributed by atoms with van der Waals surface area (Å²) in [6, 6.07) is 0. The first-order chi connectivity index (χ1) is 5.57. The summed E-state index contributed by atoms with van der Waals surface area (Å²) in [5, 5.41) is 0. The van der Waals surface area contributed by atoms with E-state index in [-0.39, 0.29) is 5.60 Å². The minimum absolute atomic E-state index is 0.186. The van der Waals surface area contributed by atoms with Gasteiger partial charge in [-0.15, -0.1) is 0 Å². The molecule has 0 aromatic heterocycles. The molecule has 0 spiro atoms. The Kier molecular flexibility index (Phi) is 3.16. The molecule has 0 bridgehead atoms. The molecule has 1 fully saturated rings. The molecule has 0 aromatic carbocycles. The number of methoxy groups -OCH3 is 1. The van der Waals surface area contributed by atoms with Crippen LogP contribution in [0.1, 0.15) is 46.5 Å². The molecule has 1 saturated carbocycles. The van der Waals surface area contributed by atoms with Gasteiger partial charge in [0.25, 0.3) is 0 Å². The summed E-state index contributed by atoms with van der Waals surface area (Å²) in [5.41, 5.74) is 0.186. The Morgan fingerprint density at radius 1 is 1.25 bits per heavy atom. The summed E-state index contributed by atoms with van der Waals surface area (Å²) in [6.07, 6.45) is 5.18. The highest BCUT2D eigenvalue weighted by Crippen LogP contribution is 2.37. The second kappa shape index (κ2) is 3.78. The first-order valence-electron chi connectivity index (χ1n) is 5.12. The smallest absolute Gasteiger partial charge is 0.0651 e. The van der Waals surface area contributed by atoms with Crippen LogP contribution in [0.2, 0.25) is 0 Å². The molecule has 72 valence electrons. The van der Waals surface area contributed by atoms with Crippen molar-refractivity contribution >= 4 is 0 Å². The Morgan fingerprint density at radius 2 is 1.75 bits per heavy atom. The number of ether oxygens (including phenoxy) is 1. The Bertz CT molecular complexity index is 132. The number of hydrogen-bond donors (Lipinski definition) is 0. The van der Waals surface area contributed by atoms with Crippen LogP contribution in [0.4, 0.5) is 0 Å². The van der Waals surface area contributed by atoms with Gasteiger partial charge < -0.3 is 4.74 Å². The van der Waals surface area contributed by atoms with E-state index >= 15 is 0 Å². The second-order valence-electron chi connectivity index (χ2n) is 4.74. The van der Waals surface area contributed by atoms with Gasteiger partial charge >= 0.3 is 0 Å². The number of rotatable bonds is 2. The van der Waals surface area contributed by atoms with Crippen molar-refractivity contribution in [2.24, 2.45) is 11.8 Å². The minimum atomic E-state index is 0.186. The lowest BCUT2D eigenvalue weighted by molar-refractivity contribution is -0.0381. The van der Waals surface area contributed by atoms with Gasteiger partial charge in [-0.1, -0.05) is 13.8 Å². The zero-order chi connectivity index (χ0) is 9.19. The van der Waals surface area contributed by atoms with E-state index in [0.29, 0.717) is 0 Å². The SMILES string of the molecule is COC1(C)CCC(C(C)C)CC1. The fraction of sp³-hybridized carbons (Fsp3) is 1.00.